The van der Waals surface area contributed by atoms with E-state index in [4.69, 9.17) is 23.7 Å². The molecule has 13 nitrogen and oxygen atoms in total. The molecule has 0 saturated carbocycles. The van der Waals surface area contributed by atoms with Gasteiger partial charge < -0.3 is 39.4 Å². The predicted octanol–water partition coefficient (Wildman–Crippen LogP) is 1.93. The van der Waals surface area contributed by atoms with Gasteiger partial charge in [0.05, 0.1) is 56.7 Å². The van der Waals surface area contributed by atoms with Crippen molar-refractivity contribution in [1.82, 2.24) is 10.6 Å². The summed E-state index contributed by atoms with van der Waals surface area (Å²) in [5.74, 6) is 0.155. The van der Waals surface area contributed by atoms with E-state index in [-0.39, 0.29) is 68.0 Å². The van der Waals surface area contributed by atoms with Crippen LogP contribution in [0.25, 0.3) is 0 Å². The molecular formula is C23H37N3O10. The molecule has 36 heavy (non-hydrogen) atoms. The number of benzene rings is 1. The maximum atomic E-state index is 11.9. The van der Waals surface area contributed by atoms with Gasteiger partial charge in [0.25, 0.3) is 5.69 Å². The van der Waals surface area contributed by atoms with E-state index >= 15 is 0 Å². The minimum absolute atomic E-state index is 0.109. The number of ether oxygens (including phenoxy) is 5. The summed E-state index contributed by atoms with van der Waals surface area (Å²) in [7, 11) is 1.38. The third kappa shape index (κ3) is 13.1. The zero-order chi connectivity index (χ0) is 26.6. The Balaban J connectivity index is 2.13. The van der Waals surface area contributed by atoms with Gasteiger partial charge in [-0.05, 0) is 18.9 Å². The number of aliphatic hydroxyl groups is 1. The Kier molecular flexibility index (Phi) is 16.4. The first-order chi connectivity index (χ1) is 17.4. The second-order valence-electron chi connectivity index (χ2n) is 7.49. The van der Waals surface area contributed by atoms with Crippen LogP contribution in [-0.2, 0) is 25.6 Å². The topological polar surface area (TPSA) is 168 Å². The molecule has 2 amide bonds. The number of hydrogen-bond acceptors (Lipinski definition) is 10. The number of rotatable bonds is 20. The van der Waals surface area contributed by atoms with Crippen LogP contribution in [0, 0.1) is 10.1 Å². The highest BCUT2D eigenvalue weighted by Crippen LogP contribution is 2.34. The summed E-state index contributed by atoms with van der Waals surface area (Å²) in [5, 5.41) is 25.6. The largest absolute Gasteiger partial charge is 0.493 e. The predicted molar refractivity (Wildman–Crippen MR) is 129 cm³/mol. The molecule has 1 aromatic carbocycles. The fourth-order valence-corrected chi connectivity index (χ4v) is 2.84. The lowest BCUT2D eigenvalue weighted by molar-refractivity contribution is -0.385. The second kappa shape index (κ2) is 19.1. The lowest BCUT2D eigenvalue weighted by Gasteiger charge is -2.12. The Bertz CT molecular complexity index is 807. The van der Waals surface area contributed by atoms with E-state index < -0.39 is 17.6 Å². The third-order valence-corrected chi connectivity index (χ3v) is 4.73. The minimum Gasteiger partial charge on any atom is -0.493 e. The van der Waals surface area contributed by atoms with Gasteiger partial charge in [-0.25, -0.2) is 4.79 Å². The highest BCUT2D eigenvalue weighted by molar-refractivity contribution is 5.75. The van der Waals surface area contributed by atoms with E-state index in [0.29, 0.717) is 26.2 Å². The minimum atomic E-state index is -0.616. The van der Waals surface area contributed by atoms with Gasteiger partial charge in [-0.1, -0.05) is 13.3 Å². The van der Waals surface area contributed by atoms with E-state index in [2.05, 4.69) is 17.6 Å². The quantitative estimate of drug-likeness (QED) is 0.133. The molecule has 0 aliphatic heterocycles. The SMILES string of the molecule is CCCCOCCOCCOC(=O)NCCNC(=O)CCCOc1cc([N+](=O)[O-])c(CO)cc1OC. The van der Waals surface area contributed by atoms with E-state index in [0.717, 1.165) is 12.8 Å². The van der Waals surface area contributed by atoms with Gasteiger partial charge >= 0.3 is 6.09 Å². The number of nitrogens with zero attached hydrogens (tertiary/aromatic N) is 1. The van der Waals surface area contributed by atoms with Gasteiger partial charge in [-0.3, -0.25) is 14.9 Å². The molecule has 3 N–H and O–H groups in total. The lowest BCUT2D eigenvalue weighted by Crippen LogP contribution is -2.35. The number of alkyl carbamates (subject to hydrolysis) is 1. The van der Waals surface area contributed by atoms with Crippen molar-refractivity contribution in [3.05, 3.63) is 27.8 Å². The summed E-state index contributed by atoms with van der Waals surface area (Å²) in [4.78, 5) is 34.0. The molecule has 0 atom stereocenters. The first-order valence-electron chi connectivity index (χ1n) is 11.8. The van der Waals surface area contributed by atoms with Crippen LogP contribution in [0.1, 0.15) is 38.2 Å². The van der Waals surface area contributed by atoms with E-state index in [1.165, 1.54) is 19.2 Å². The molecule has 0 aromatic heterocycles. The highest BCUT2D eigenvalue weighted by Gasteiger charge is 2.19. The van der Waals surface area contributed by atoms with Crippen molar-refractivity contribution in [3.8, 4) is 11.5 Å². The van der Waals surface area contributed by atoms with E-state index in [9.17, 15) is 24.8 Å². The molecule has 0 unspecified atom stereocenters. The molecule has 1 aromatic rings. The van der Waals surface area contributed by atoms with E-state index in [1.807, 2.05) is 0 Å². The van der Waals surface area contributed by atoms with Gasteiger partial charge in [0.15, 0.2) is 11.5 Å². The van der Waals surface area contributed by atoms with Crippen molar-refractivity contribution in [2.45, 2.75) is 39.2 Å². The molecule has 0 spiro atoms. The number of nitro benzene ring substituents is 1. The van der Waals surface area contributed by atoms with Gasteiger partial charge in [0.1, 0.15) is 6.61 Å². The van der Waals surface area contributed by atoms with Crippen LogP contribution >= 0.6 is 0 Å². The molecule has 13 heteroatoms. The summed E-state index contributed by atoms with van der Waals surface area (Å²) in [6, 6.07) is 2.53. The van der Waals surface area contributed by atoms with Crippen molar-refractivity contribution < 1.29 is 43.3 Å². The zero-order valence-electron chi connectivity index (χ0n) is 20.9. The van der Waals surface area contributed by atoms with Crippen molar-refractivity contribution in [2.75, 3.05) is 59.8 Å². The Labute approximate surface area is 210 Å². The molecule has 0 bridgehead atoms. The number of carbonyl (C=O) groups is 2. The van der Waals surface area contributed by atoms with Crippen LogP contribution in [0.2, 0.25) is 0 Å². The van der Waals surface area contributed by atoms with Gasteiger partial charge in [-0.2, -0.15) is 0 Å². The van der Waals surface area contributed by atoms with Crippen molar-refractivity contribution in [1.29, 1.82) is 0 Å². The number of nitro groups is 1. The van der Waals surface area contributed by atoms with Crippen LogP contribution in [0.15, 0.2) is 12.1 Å². The van der Waals surface area contributed by atoms with Gasteiger partial charge in [0.2, 0.25) is 5.91 Å². The number of hydrogen-bond donors (Lipinski definition) is 3. The number of carbonyl (C=O) groups excluding carboxylic acids is 2. The molecule has 0 fully saturated rings. The number of methoxy groups -OCH3 is 1. The van der Waals surface area contributed by atoms with E-state index in [1.54, 1.807) is 0 Å². The highest BCUT2D eigenvalue weighted by atomic mass is 16.6. The fourth-order valence-electron chi connectivity index (χ4n) is 2.84. The summed E-state index contributed by atoms with van der Waals surface area (Å²) in [5.41, 5.74) is -0.172. The molecule has 0 radical (unpaired) electrons. The Morgan fingerprint density at radius 2 is 1.67 bits per heavy atom. The van der Waals surface area contributed by atoms with Crippen LogP contribution in [0.5, 0.6) is 11.5 Å². The van der Waals surface area contributed by atoms with Crippen LogP contribution in [0.3, 0.4) is 0 Å². The second-order valence-corrected chi connectivity index (χ2v) is 7.49. The van der Waals surface area contributed by atoms with Crippen molar-refractivity contribution in [3.63, 3.8) is 0 Å². The first-order valence-corrected chi connectivity index (χ1v) is 11.8. The average Bonchev–Trinajstić information content (AvgIpc) is 2.87. The average molecular weight is 516 g/mol. The monoisotopic (exact) mass is 515 g/mol. The molecular weight excluding hydrogens is 478 g/mol. The van der Waals surface area contributed by atoms with Crippen LogP contribution in [-0.4, -0.2) is 81.9 Å². The lowest BCUT2D eigenvalue weighted by atomic mass is 10.1. The summed E-state index contributed by atoms with van der Waals surface area (Å²) < 4.78 is 26.3. The Hall–Kier alpha value is -3.16. The smallest absolute Gasteiger partial charge is 0.407 e. The van der Waals surface area contributed by atoms with Crippen molar-refractivity contribution in [2.24, 2.45) is 0 Å². The number of aliphatic hydroxyl groups excluding tert-OH is 1. The molecule has 0 aliphatic rings. The maximum Gasteiger partial charge on any atom is 0.407 e. The van der Waals surface area contributed by atoms with Crippen molar-refractivity contribution >= 4 is 17.7 Å². The summed E-state index contributed by atoms with van der Waals surface area (Å²) in [6.45, 7) is 4.17. The maximum absolute atomic E-state index is 11.9. The van der Waals surface area contributed by atoms with Gasteiger partial charge in [0, 0.05) is 26.1 Å². The molecule has 0 saturated heterocycles. The van der Waals surface area contributed by atoms with Gasteiger partial charge in [-0.15, -0.1) is 0 Å². The Morgan fingerprint density at radius 3 is 2.33 bits per heavy atom. The zero-order valence-corrected chi connectivity index (χ0v) is 20.9. The Morgan fingerprint density at radius 1 is 0.972 bits per heavy atom. The first kappa shape index (κ1) is 30.9. The number of nitrogens with one attached hydrogen (secondary N) is 2. The molecule has 204 valence electrons. The standard InChI is InChI=1S/C23H37N3O10/c1-3-4-9-33-11-12-34-13-14-36-23(29)25-8-7-24-22(28)6-5-10-35-21-16-19(26(30)31)18(17-27)15-20(21)32-2/h15-16,27H,3-14,17H2,1-2H3,(H,24,28)(H,25,29). The van der Waals surface area contributed by atoms with Crippen LogP contribution < -0.4 is 20.1 Å². The number of amides is 2. The number of unbranched alkanes of at least 4 members (excludes halogenated alkanes) is 1. The molecule has 0 heterocycles. The third-order valence-electron chi connectivity index (χ3n) is 4.73. The fraction of sp³-hybridized carbons (Fsp3) is 0.652. The summed E-state index contributed by atoms with van der Waals surface area (Å²) in [6.07, 6.45) is 2.00. The molecule has 0 aliphatic carbocycles. The summed E-state index contributed by atoms with van der Waals surface area (Å²) >= 11 is 0. The normalized spacial score (nSPS) is 10.5. The molecule has 1 rings (SSSR count). The van der Waals surface area contributed by atoms with Crippen LogP contribution in [0.4, 0.5) is 10.5 Å².